The van der Waals surface area contributed by atoms with Gasteiger partial charge in [-0.2, -0.15) is 0 Å². The summed E-state index contributed by atoms with van der Waals surface area (Å²) in [7, 11) is 0. The Morgan fingerprint density at radius 2 is 2.00 bits per heavy atom. The molecule has 0 aromatic rings. The molecule has 0 aromatic carbocycles. The lowest BCUT2D eigenvalue weighted by molar-refractivity contribution is 0.242. The zero-order chi connectivity index (χ0) is 10.5. The highest BCUT2D eigenvalue weighted by Gasteiger charge is 2.21. The average Bonchev–Trinajstić information content (AvgIpc) is 2.29. The van der Waals surface area contributed by atoms with E-state index >= 15 is 0 Å². The molecule has 0 heterocycles. The van der Waals surface area contributed by atoms with Gasteiger partial charge in [-0.25, -0.2) is 0 Å². The number of allylic oxidation sites excluding steroid dienone is 1. The SMILES string of the molecule is CC1CCCCC1CNC1C=CCCC1. The second kappa shape index (κ2) is 5.69. The summed E-state index contributed by atoms with van der Waals surface area (Å²) in [5, 5.41) is 3.73. The standard InChI is InChI=1S/C14H25N/c1-12-7-5-6-8-13(12)11-15-14-9-3-2-4-10-14/h3,9,12-15H,2,4-8,10-11H2,1H3. The summed E-state index contributed by atoms with van der Waals surface area (Å²) in [6.07, 6.45) is 14.5. The van der Waals surface area contributed by atoms with Crippen LogP contribution in [0.3, 0.4) is 0 Å². The van der Waals surface area contributed by atoms with Gasteiger partial charge in [-0.15, -0.1) is 0 Å². The van der Waals surface area contributed by atoms with Crippen molar-refractivity contribution < 1.29 is 0 Å². The second-order valence-electron chi connectivity index (χ2n) is 5.40. The molecule has 0 spiro atoms. The lowest BCUT2D eigenvalue weighted by atomic mass is 9.80. The van der Waals surface area contributed by atoms with Crippen molar-refractivity contribution in [2.75, 3.05) is 6.54 Å². The third-order valence-electron chi connectivity index (χ3n) is 4.19. The van der Waals surface area contributed by atoms with Gasteiger partial charge in [-0.05, 0) is 44.1 Å². The van der Waals surface area contributed by atoms with Crippen molar-refractivity contribution in [3.05, 3.63) is 12.2 Å². The van der Waals surface area contributed by atoms with Gasteiger partial charge in [0, 0.05) is 6.04 Å². The normalized spacial score (nSPS) is 36.7. The zero-order valence-corrected chi connectivity index (χ0v) is 10.0. The van der Waals surface area contributed by atoms with Crippen molar-refractivity contribution in [1.29, 1.82) is 0 Å². The Bertz CT molecular complexity index is 209. The van der Waals surface area contributed by atoms with E-state index in [1.807, 2.05) is 0 Å². The van der Waals surface area contributed by atoms with Crippen molar-refractivity contribution in [1.82, 2.24) is 5.32 Å². The molecule has 2 rings (SSSR count). The summed E-state index contributed by atoms with van der Waals surface area (Å²) in [5.74, 6) is 1.88. The molecule has 0 radical (unpaired) electrons. The Labute approximate surface area is 94.3 Å². The van der Waals surface area contributed by atoms with Gasteiger partial charge in [0.1, 0.15) is 0 Å². The number of hydrogen-bond donors (Lipinski definition) is 1. The minimum Gasteiger partial charge on any atom is -0.310 e. The van der Waals surface area contributed by atoms with E-state index in [0.29, 0.717) is 6.04 Å². The molecular formula is C14H25N. The molecule has 1 nitrogen and oxygen atoms in total. The van der Waals surface area contributed by atoms with E-state index in [0.717, 1.165) is 11.8 Å². The molecule has 0 aliphatic heterocycles. The summed E-state index contributed by atoms with van der Waals surface area (Å²) in [5.41, 5.74) is 0. The van der Waals surface area contributed by atoms with Crippen LogP contribution < -0.4 is 5.32 Å². The first-order valence-electron chi connectivity index (χ1n) is 6.76. The van der Waals surface area contributed by atoms with Crippen molar-refractivity contribution in [2.24, 2.45) is 11.8 Å². The Morgan fingerprint density at radius 3 is 2.73 bits per heavy atom. The number of hydrogen-bond acceptors (Lipinski definition) is 1. The fourth-order valence-corrected chi connectivity index (χ4v) is 2.98. The molecule has 1 N–H and O–H groups in total. The Morgan fingerprint density at radius 1 is 1.13 bits per heavy atom. The number of nitrogens with one attached hydrogen (secondary N) is 1. The summed E-state index contributed by atoms with van der Waals surface area (Å²) in [6.45, 7) is 3.68. The molecule has 1 saturated carbocycles. The largest absolute Gasteiger partial charge is 0.310 e. The van der Waals surface area contributed by atoms with Crippen LogP contribution in [0.4, 0.5) is 0 Å². The first-order valence-corrected chi connectivity index (χ1v) is 6.76. The summed E-state index contributed by atoms with van der Waals surface area (Å²) >= 11 is 0. The van der Waals surface area contributed by atoms with Crippen LogP contribution in [0.5, 0.6) is 0 Å². The fourth-order valence-electron chi connectivity index (χ4n) is 2.98. The summed E-state index contributed by atoms with van der Waals surface area (Å²) < 4.78 is 0. The zero-order valence-electron chi connectivity index (χ0n) is 10.0. The van der Waals surface area contributed by atoms with Crippen LogP contribution in [0.25, 0.3) is 0 Å². The summed E-state index contributed by atoms with van der Waals surface area (Å²) in [6, 6.07) is 0.674. The van der Waals surface area contributed by atoms with Crippen molar-refractivity contribution in [3.8, 4) is 0 Å². The predicted molar refractivity (Wildman–Crippen MR) is 65.9 cm³/mol. The van der Waals surface area contributed by atoms with Crippen LogP contribution in [-0.2, 0) is 0 Å². The molecular weight excluding hydrogens is 182 g/mol. The Kier molecular flexibility index (Phi) is 4.25. The first-order chi connectivity index (χ1) is 7.36. The molecule has 2 aliphatic carbocycles. The van der Waals surface area contributed by atoms with Crippen LogP contribution >= 0.6 is 0 Å². The van der Waals surface area contributed by atoms with Gasteiger partial charge >= 0.3 is 0 Å². The van der Waals surface area contributed by atoms with Crippen LogP contribution in [0.1, 0.15) is 51.9 Å². The molecule has 1 fully saturated rings. The fraction of sp³-hybridized carbons (Fsp3) is 0.857. The van der Waals surface area contributed by atoms with E-state index in [-0.39, 0.29) is 0 Å². The van der Waals surface area contributed by atoms with Gasteiger partial charge in [0.25, 0.3) is 0 Å². The quantitative estimate of drug-likeness (QED) is 0.698. The first kappa shape index (κ1) is 11.2. The minimum absolute atomic E-state index is 0.674. The van der Waals surface area contributed by atoms with E-state index < -0.39 is 0 Å². The monoisotopic (exact) mass is 207 g/mol. The molecule has 2 aliphatic rings. The number of rotatable bonds is 3. The van der Waals surface area contributed by atoms with E-state index in [4.69, 9.17) is 0 Å². The molecule has 1 heteroatoms. The van der Waals surface area contributed by atoms with Crippen molar-refractivity contribution in [3.63, 3.8) is 0 Å². The van der Waals surface area contributed by atoms with E-state index in [2.05, 4.69) is 24.4 Å². The van der Waals surface area contributed by atoms with Crippen LogP contribution in [0.15, 0.2) is 12.2 Å². The molecule has 0 saturated heterocycles. The lowest BCUT2D eigenvalue weighted by Crippen LogP contribution is -2.36. The topological polar surface area (TPSA) is 12.0 Å². The second-order valence-corrected chi connectivity index (χ2v) is 5.40. The van der Waals surface area contributed by atoms with Crippen LogP contribution in [0.2, 0.25) is 0 Å². The molecule has 86 valence electrons. The van der Waals surface area contributed by atoms with E-state index in [1.165, 1.54) is 51.5 Å². The molecule has 0 amide bonds. The van der Waals surface area contributed by atoms with E-state index in [1.54, 1.807) is 0 Å². The highest BCUT2D eigenvalue weighted by Crippen LogP contribution is 2.29. The van der Waals surface area contributed by atoms with Gasteiger partial charge < -0.3 is 5.32 Å². The maximum absolute atomic E-state index is 3.73. The molecule has 15 heavy (non-hydrogen) atoms. The van der Waals surface area contributed by atoms with E-state index in [9.17, 15) is 0 Å². The molecule has 3 atom stereocenters. The van der Waals surface area contributed by atoms with Gasteiger partial charge in [0.15, 0.2) is 0 Å². The lowest BCUT2D eigenvalue weighted by Gasteiger charge is -2.30. The van der Waals surface area contributed by atoms with Gasteiger partial charge in [-0.1, -0.05) is 38.3 Å². The van der Waals surface area contributed by atoms with Gasteiger partial charge in [-0.3, -0.25) is 0 Å². The molecule has 0 bridgehead atoms. The highest BCUT2D eigenvalue weighted by atomic mass is 14.9. The van der Waals surface area contributed by atoms with Crippen molar-refractivity contribution >= 4 is 0 Å². The smallest absolute Gasteiger partial charge is 0.0250 e. The van der Waals surface area contributed by atoms with Crippen molar-refractivity contribution in [2.45, 2.75) is 57.9 Å². The Balaban J connectivity index is 1.71. The Hall–Kier alpha value is -0.300. The van der Waals surface area contributed by atoms with Crippen LogP contribution in [-0.4, -0.2) is 12.6 Å². The van der Waals surface area contributed by atoms with Gasteiger partial charge in [0.2, 0.25) is 0 Å². The summed E-state index contributed by atoms with van der Waals surface area (Å²) in [4.78, 5) is 0. The highest BCUT2D eigenvalue weighted by molar-refractivity contribution is 4.97. The van der Waals surface area contributed by atoms with Crippen LogP contribution in [0, 0.1) is 11.8 Å². The average molecular weight is 207 g/mol. The van der Waals surface area contributed by atoms with Gasteiger partial charge in [0.05, 0.1) is 0 Å². The third-order valence-corrected chi connectivity index (χ3v) is 4.19. The minimum atomic E-state index is 0.674. The molecule has 3 unspecified atom stereocenters. The third kappa shape index (κ3) is 3.34. The maximum Gasteiger partial charge on any atom is 0.0250 e. The molecule has 0 aromatic heterocycles. The predicted octanol–water partition coefficient (Wildman–Crippen LogP) is 3.51. The maximum atomic E-state index is 3.73.